The summed E-state index contributed by atoms with van der Waals surface area (Å²) in [7, 11) is -6.83. The van der Waals surface area contributed by atoms with Crippen LogP contribution >= 0.6 is 0 Å². The fraction of sp³-hybridized carbons (Fsp3) is 0.571. The molecule has 16 heavy (non-hydrogen) atoms. The van der Waals surface area contributed by atoms with Gasteiger partial charge in [0, 0.05) is 24.6 Å². The van der Waals surface area contributed by atoms with Gasteiger partial charge in [0.15, 0.2) is 0 Å². The van der Waals surface area contributed by atoms with Crippen molar-refractivity contribution in [2.75, 3.05) is 17.8 Å². The average Bonchev–Trinajstić information content (AvgIpc) is 2.64. The second kappa shape index (κ2) is 4.93. The first kappa shape index (κ1) is 13.1. The van der Waals surface area contributed by atoms with Crippen LogP contribution in [0.15, 0.2) is 12.4 Å². The first-order valence-electron chi connectivity index (χ1n) is 4.41. The molecule has 0 radical (unpaired) electrons. The van der Waals surface area contributed by atoms with E-state index in [4.69, 9.17) is 0 Å². The molecule has 0 aliphatic rings. The lowest BCUT2D eigenvalue weighted by Crippen LogP contribution is -2.29. The van der Waals surface area contributed by atoms with Gasteiger partial charge in [-0.1, -0.05) is 0 Å². The Morgan fingerprint density at radius 2 is 2.00 bits per heavy atom. The number of hydrogen-bond donors (Lipinski definition) is 2. The second-order valence-electron chi connectivity index (χ2n) is 3.38. The van der Waals surface area contributed by atoms with Crippen molar-refractivity contribution in [2.45, 2.75) is 6.54 Å². The Morgan fingerprint density at radius 3 is 2.50 bits per heavy atom. The van der Waals surface area contributed by atoms with Gasteiger partial charge in [0.25, 0.3) is 0 Å². The molecule has 0 saturated carbocycles. The maximum Gasteiger partial charge on any atom is 0.212 e. The molecule has 1 rings (SSSR count). The predicted octanol–water partition coefficient (Wildman–Crippen LogP) is -1.13. The van der Waals surface area contributed by atoms with Crippen LogP contribution in [0.1, 0.15) is 5.56 Å². The zero-order valence-electron chi connectivity index (χ0n) is 8.67. The SMILES string of the molecule is CS(=O)(=O)CCS(=O)(=O)NCc1cn[nH]c1. The van der Waals surface area contributed by atoms with Crippen molar-refractivity contribution in [3.05, 3.63) is 18.0 Å². The molecule has 0 aliphatic carbocycles. The number of aromatic amines is 1. The maximum atomic E-state index is 11.4. The van der Waals surface area contributed by atoms with Crippen LogP contribution in [0.5, 0.6) is 0 Å². The fourth-order valence-electron chi connectivity index (χ4n) is 0.901. The number of aromatic nitrogens is 2. The lowest BCUT2D eigenvalue weighted by Gasteiger charge is -2.04. The third-order valence-corrected chi connectivity index (χ3v) is 4.30. The fourth-order valence-corrected chi connectivity index (χ4v) is 3.52. The zero-order chi connectivity index (χ0) is 12.2. The van der Waals surface area contributed by atoms with Crippen LogP contribution < -0.4 is 4.72 Å². The van der Waals surface area contributed by atoms with E-state index in [-0.39, 0.29) is 12.3 Å². The summed E-state index contributed by atoms with van der Waals surface area (Å²) in [5.41, 5.74) is 0.683. The molecule has 0 spiro atoms. The number of nitrogens with one attached hydrogen (secondary N) is 2. The second-order valence-corrected chi connectivity index (χ2v) is 7.56. The molecule has 0 fully saturated rings. The summed E-state index contributed by atoms with van der Waals surface area (Å²) < 4.78 is 46.6. The largest absolute Gasteiger partial charge is 0.285 e. The minimum Gasteiger partial charge on any atom is -0.285 e. The Labute approximate surface area is 94.2 Å². The quantitative estimate of drug-likeness (QED) is 0.678. The molecule has 0 saturated heterocycles. The molecule has 2 N–H and O–H groups in total. The summed E-state index contributed by atoms with van der Waals surface area (Å²) in [6, 6.07) is 0. The first-order chi connectivity index (χ1) is 7.29. The van der Waals surface area contributed by atoms with Crippen molar-refractivity contribution in [1.29, 1.82) is 0 Å². The van der Waals surface area contributed by atoms with E-state index >= 15 is 0 Å². The van der Waals surface area contributed by atoms with Gasteiger partial charge in [-0.3, -0.25) is 5.10 Å². The van der Waals surface area contributed by atoms with Gasteiger partial charge in [-0.2, -0.15) is 5.10 Å². The molecule has 0 aromatic carbocycles. The summed E-state index contributed by atoms with van der Waals surface area (Å²) >= 11 is 0. The predicted molar refractivity (Wildman–Crippen MR) is 58.9 cm³/mol. The molecule has 0 atom stereocenters. The Morgan fingerprint density at radius 1 is 1.31 bits per heavy atom. The maximum absolute atomic E-state index is 11.4. The van der Waals surface area contributed by atoms with E-state index in [0.29, 0.717) is 5.56 Å². The smallest absolute Gasteiger partial charge is 0.212 e. The summed E-state index contributed by atoms with van der Waals surface area (Å²) in [6.07, 6.45) is 4.04. The van der Waals surface area contributed by atoms with Crippen LogP contribution in [-0.4, -0.2) is 44.8 Å². The number of H-pyrrole nitrogens is 1. The van der Waals surface area contributed by atoms with Crippen LogP contribution in [0.25, 0.3) is 0 Å². The number of nitrogens with zero attached hydrogens (tertiary/aromatic N) is 1. The van der Waals surface area contributed by atoms with E-state index in [0.717, 1.165) is 6.26 Å². The van der Waals surface area contributed by atoms with Gasteiger partial charge in [0.1, 0.15) is 9.84 Å². The minimum atomic E-state index is -3.56. The number of sulfone groups is 1. The molecule has 1 aromatic heterocycles. The van der Waals surface area contributed by atoms with E-state index in [2.05, 4.69) is 14.9 Å². The van der Waals surface area contributed by atoms with Crippen LogP contribution in [-0.2, 0) is 26.4 Å². The molecule has 92 valence electrons. The van der Waals surface area contributed by atoms with Crippen molar-refractivity contribution in [2.24, 2.45) is 0 Å². The Hall–Kier alpha value is -0.930. The van der Waals surface area contributed by atoms with Crippen molar-refractivity contribution < 1.29 is 16.8 Å². The van der Waals surface area contributed by atoms with Gasteiger partial charge in [0.2, 0.25) is 10.0 Å². The van der Waals surface area contributed by atoms with Crippen molar-refractivity contribution in [3.63, 3.8) is 0 Å². The molecule has 7 nitrogen and oxygen atoms in total. The van der Waals surface area contributed by atoms with Gasteiger partial charge < -0.3 is 0 Å². The number of rotatable bonds is 6. The van der Waals surface area contributed by atoms with Crippen molar-refractivity contribution in [1.82, 2.24) is 14.9 Å². The van der Waals surface area contributed by atoms with E-state index in [1.54, 1.807) is 6.20 Å². The lowest BCUT2D eigenvalue weighted by molar-refractivity contribution is 0.579. The van der Waals surface area contributed by atoms with E-state index < -0.39 is 25.6 Å². The van der Waals surface area contributed by atoms with Gasteiger partial charge in [0.05, 0.1) is 17.7 Å². The van der Waals surface area contributed by atoms with E-state index in [9.17, 15) is 16.8 Å². The van der Waals surface area contributed by atoms with Crippen LogP contribution in [0.3, 0.4) is 0 Å². The third kappa shape index (κ3) is 5.24. The lowest BCUT2D eigenvalue weighted by atomic mass is 10.4. The average molecular weight is 267 g/mol. The standard InChI is InChI=1S/C7H13N3O4S2/c1-15(11,12)2-3-16(13,14)10-6-7-4-8-9-5-7/h4-5,10H,2-3,6H2,1H3,(H,8,9). The van der Waals surface area contributed by atoms with Crippen molar-refractivity contribution in [3.8, 4) is 0 Å². The molecular weight excluding hydrogens is 254 g/mol. The van der Waals surface area contributed by atoms with Crippen LogP contribution in [0.4, 0.5) is 0 Å². The Bertz CT molecular complexity index is 518. The molecule has 0 unspecified atom stereocenters. The minimum absolute atomic E-state index is 0.0998. The zero-order valence-corrected chi connectivity index (χ0v) is 10.3. The first-order valence-corrected chi connectivity index (χ1v) is 8.12. The van der Waals surface area contributed by atoms with Gasteiger partial charge in [-0.15, -0.1) is 0 Å². The third-order valence-electron chi connectivity index (χ3n) is 1.77. The van der Waals surface area contributed by atoms with Gasteiger partial charge in [-0.25, -0.2) is 21.6 Å². The van der Waals surface area contributed by atoms with E-state index in [1.165, 1.54) is 6.20 Å². The van der Waals surface area contributed by atoms with Crippen molar-refractivity contribution >= 4 is 19.9 Å². The number of sulfonamides is 1. The molecule has 0 amide bonds. The summed E-state index contributed by atoms with van der Waals surface area (Å²) in [6.45, 7) is 0.0998. The molecule has 1 heterocycles. The number of hydrogen-bond acceptors (Lipinski definition) is 5. The highest BCUT2D eigenvalue weighted by Crippen LogP contribution is 1.96. The summed E-state index contributed by atoms with van der Waals surface area (Å²) in [5.74, 6) is -0.808. The summed E-state index contributed by atoms with van der Waals surface area (Å²) in [4.78, 5) is 0. The molecule has 1 aromatic rings. The van der Waals surface area contributed by atoms with Gasteiger partial charge >= 0.3 is 0 Å². The normalized spacial score (nSPS) is 12.8. The Kier molecular flexibility index (Phi) is 4.05. The van der Waals surface area contributed by atoms with E-state index in [1.807, 2.05) is 0 Å². The van der Waals surface area contributed by atoms with Crippen LogP contribution in [0, 0.1) is 0 Å². The van der Waals surface area contributed by atoms with Gasteiger partial charge in [-0.05, 0) is 0 Å². The highest BCUT2D eigenvalue weighted by Gasteiger charge is 2.14. The molecule has 9 heteroatoms. The monoisotopic (exact) mass is 267 g/mol. The molecule has 0 bridgehead atoms. The topological polar surface area (TPSA) is 109 Å². The summed E-state index contributed by atoms with van der Waals surface area (Å²) in [5, 5.41) is 6.19. The Balaban J connectivity index is 2.47. The van der Waals surface area contributed by atoms with Crippen LogP contribution in [0.2, 0.25) is 0 Å². The highest BCUT2D eigenvalue weighted by atomic mass is 32.2. The molecular formula is C7H13N3O4S2. The highest BCUT2D eigenvalue weighted by molar-refractivity contribution is 7.93. The molecule has 0 aliphatic heterocycles.